The van der Waals surface area contributed by atoms with Crippen LogP contribution in [-0.2, 0) is 0 Å². The van der Waals surface area contributed by atoms with Crippen molar-refractivity contribution in [3.8, 4) is 0 Å². The molecule has 2 rings (SSSR count). The monoisotopic (exact) mass is 275 g/mol. The molecule has 0 radical (unpaired) electrons. The normalized spacial score (nSPS) is 10.3. The predicted molar refractivity (Wildman–Crippen MR) is 73.5 cm³/mol. The molecule has 0 bridgehead atoms. The maximum atomic E-state index is 12.1. The van der Waals surface area contributed by atoms with Crippen molar-refractivity contribution in [2.24, 2.45) is 0 Å². The highest BCUT2D eigenvalue weighted by Crippen LogP contribution is 2.23. The Hall–Kier alpha value is -2.90. The summed E-state index contributed by atoms with van der Waals surface area (Å²) < 4.78 is 0. The summed E-state index contributed by atoms with van der Waals surface area (Å²) in [6.07, 6.45) is 0. The highest BCUT2D eigenvalue weighted by molar-refractivity contribution is 6.05. The lowest BCUT2D eigenvalue weighted by atomic mass is 10.1. The fourth-order valence-corrected chi connectivity index (χ4v) is 1.78. The maximum absolute atomic E-state index is 12.1. The van der Waals surface area contributed by atoms with Crippen LogP contribution in [0.3, 0.4) is 0 Å². The Bertz CT molecular complexity index is 673. The number of nitrogens with zero attached hydrogens (tertiary/aromatic N) is 2. The van der Waals surface area contributed by atoms with Crippen molar-refractivity contribution in [1.82, 2.24) is 10.2 Å². The third-order valence-corrected chi connectivity index (χ3v) is 2.85. The maximum Gasteiger partial charge on any atom is 0.292 e. The van der Waals surface area contributed by atoms with Gasteiger partial charge in [0.2, 0.25) is 0 Å². The van der Waals surface area contributed by atoms with E-state index >= 15 is 0 Å². The molecule has 0 saturated carbocycles. The molecule has 1 aromatic heterocycles. The first kappa shape index (κ1) is 13.5. The summed E-state index contributed by atoms with van der Waals surface area (Å²) in [5.41, 5.74) is 7.49. The summed E-state index contributed by atoms with van der Waals surface area (Å²) >= 11 is 0. The fourth-order valence-electron chi connectivity index (χ4n) is 1.78. The quantitative estimate of drug-likeness (QED) is 0.447. The second-order valence-corrected chi connectivity index (χ2v) is 4.29. The highest BCUT2D eigenvalue weighted by Gasteiger charge is 2.16. The van der Waals surface area contributed by atoms with Crippen LogP contribution in [-0.4, -0.2) is 21.0 Å². The van der Waals surface area contributed by atoms with Gasteiger partial charge in [-0.25, -0.2) is 0 Å². The molecule has 2 aromatic rings. The van der Waals surface area contributed by atoms with Crippen molar-refractivity contribution in [2.75, 3.05) is 11.1 Å². The Kier molecular flexibility index (Phi) is 3.38. The number of H-pyrrole nitrogens is 1. The number of anilines is 2. The van der Waals surface area contributed by atoms with Crippen molar-refractivity contribution in [3.63, 3.8) is 0 Å². The number of aromatic amines is 1. The molecular formula is C12H13N5O3. The molecule has 1 heterocycles. The minimum absolute atomic E-state index is 0.0525. The first-order valence-electron chi connectivity index (χ1n) is 5.77. The van der Waals surface area contributed by atoms with Crippen LogP contribution in [0, 0.1) is 24.0 Å². The summed E-state index contributed by atoms with van der Waals surface area (Å²) in [6, 6.07) is 3.84. The van der Waals surface area contributed by atoms with Gasteiger partial charge in [0, 0.05) is 11.6 Å². The predicted octanol–water partition coefficient (Wildman–Crippen LogP) is 1.77. The summed E-state index contributed by atoms with van der Waals surface area (Å²) in [6.45, 7) is 3.53. The number of nitro benzene ring substituents is 1. The van der Waals surface area contributed by atoms with Gasteiger partial charge in [-0.3, -0.25) is 20.0 Å². The minimum Gasteiger partial charge on any atom is -0.393 e. The molecule has 8 heteroatoms. The van der Waals surface area contributed by atoms with Crippen molar-refractivity contribution in [1.29, 1.82) is 0 Å². The van der Waals surface area contributed by atoms with Gasteiger partial charge in [-0.15, -0.1) is 0 Å². The molecular weight excluding hydrogens is 262 g/mol. The second-order valence-electron chi connectivity index (χ2n) is 4.29. The molecule has 0 aliphatic carbocycles. The lowest BCUT2D eigenvalue weighted by Crippen LogP contribution is -2.13. The molecule has 1 amide bonds. The molecule has 0 spiro atoms. The first-order chi connectivity index (χ1) is 9.40. The van der Waals surface area contributed by atoms with Gasteiger partial charge in [-0.1, -0.05) is 0 Å². The van der Waals surface area contributed by atoms with Gasteiger partial charge in [-0.05, 0) is 26.0 Å². The fraction of sp³-hybridized carbons (Fsp3) is 0.167. The van der Waals surface area contributed by atoms with Gasteiger partial charge in [0.25, 0.3) is 11.6 Å². The van der Waals surface area contributed by atoms with E-state index in [-0.39, 0.29) is 16.9 Å². The molecule has 1 aromatic carbocycles. The van der Waals surface area contributed by atoms with Crippen LogP contribution in [0.15, 0.2) is 18.2 Å². The first-order valence-corrected chi connectivity index (χ1v) is 5.77. The number of carbonyl (C=O) groups is 1. The highest BCUT2D eigenvalue weighted by atomic mass is 16.6. The average Bonchev–Trinajstić information content (AvgIpc) is 2.70. The number of nitrogen functional groups attached to an aromatic ring is 1. The number of benzene rings is 1. The number of nitrogens with two attached hydrogens (primary N) is 1. The number of nitro groups is 1. The number of aryl methyl sites for hydroxylation is 2. The van der Waals surface area contributed by atoms with E-state index in [9.17, 15) is 14.9 Å². The molecule has 4 N–H and O–H groups in total. The number of amides is 1. The van der Waals surface area contributed by atoms with E-state index in [4.69, 9.17) is 5.73 Å². The van der Waals surface area contributed by atoms with Gasteiger partial charge >= 0.3 is 0 Å². The molecule has 0 fully saturated rings. The van der Waals surface area contributed by atoms with Gasteiger partial charge in [0.1, 0.15) is 5.69 Å². The van der Waals surface area contributed by atoms with Gasteiger partial charge in [0.05, 0.1) is 22.0 Å². The topological polar surface area (TPSA) is 127 Å². The lowest BCUT2D eigenvalue weighted by molar-refractivity contribution is -0.383. The summed E-state index contributed by atoms with van der Waals surface area (Å²) in [7, 11) is 0. The molecule has 8 nitrogen and oxygen atoms in total. The number of rotatable bonds is 3. The number of hydrogen-bond donors (Lipinski definition) is 3. The Morgan fingerprint density at radius 3 is 2.65 bits per heavy atom. The summed E-state index contributed by atoms with van der Waals surface area (Å²) in [5.74, 6) is -0.404. The van der Waals surface area contributed by atoms with Crippen LogP contribution in [0.4, 0.5) is 17.1 Å². The molecule has 0 unspecified atom stereocenters. The Morgan fingerprint density at radius 2 is 2.15 bits per heavy atom. The van der Waals surface area contributed by atoms with Crippen LogP contribution in [0.25, 0.3) is 0 Å². The van der Waals surface area contributed by atoms with E-state index in [0.29, 0.717) is 11.4 Å². The van der Waals surface area contributed by atoms with Crippen molar-refractivity contribution in [2.45, 2.75) is 13.8 Å². The SMILES string of the molecule is Cc1n[nH]c(C)c1NC(=O)c1ccc([N+](=O)[O-])c(N)c1. The van der Waals surface area contributed by atoms with Crippen LogP contribution >= 0.6 is 0 Å². The molecule has 0 aliphatic rings. The van der Waals surface area contributed by atoms with Crippen LogP contribution in [0.5, 0.6) is 0 Å². The number of nitrogens with one attached hydrogen (secondary N) is 2. The standard InChI is InChI=1S/C12H13N5O3/c1-6-11(7(2)16-15-6)14-12(18)8-3-4-10(17(19)20)9(13)5-8/h3-5H,13H2,1-2H3,(H,14,18)(H,15,16). The second kappa shape index (κ2) is 5.00. The average molecular weight is 275 g/mol. The van der Waals surface area contributed by atoms with E-state index in [1.54, 1.807) is 13.8 Å². The molecule has 0 saturated heterocycles. The lowest BCUT2D eigenvalue weighted by Gasteiger charge is -2.06. The number of carbonyl (C=O) groups excluding carboxylic acids is 1. The van der Waals surface area contributed by atoms with E-state index in [1.165, 1.54) is 18.2 Å². The van der Waals surface area contributed by atoms with Crippen molar-refractivity contribution >= 4 is 23.0 Å². The smallest absolute Gasteiger partial charge is 0.292 e. The van der Waals surface area contributed by atoms with E-state index in [0.717, 1.165) is 5.69 Å². The molecule has 20 heavy (non-hydrogen) atoms. The minimum atomic E-state index is -0.596. The van der Waals surface area contributed by atoms with Crippen molar-refractivity contribution in [3.05, 3.63) is 45.3 Å². The third-order valence-electron chi connectivity index (χ3n) is 2.85. The van der Waals surface area contributed by atoms with Gasteiger partial charge < -0.3 is 11.1 Å². The van der Waals surface area contributed by atoms with Gasteiger partial charge in [0.15, 0.2) is 0 Å². The van der Waals surface area contributed by atoms with E-state index < -0.39 is 10.8 Å². The van der Waals surface area contributed by atoms with E-state index in [1.807, 2.05) is 0 Å². The largest absolute Gasteiger partial charge is 0.393 e. The van der Waals surface area contributed by atoms with Crippen LogP contribution < -0.4 is 11.1 Å². The molecule has 0 aliphatic heterocycles. The van der Waals surface area contributed by atoms with Crippen molar-refractivity contribution < 1.29 is 9.72 Å². The number of hydrogen-bond acceptors (Lipinski definition) is 5. The van der Waals surface area contributed by atoms with Gasteiger partial charge in [-0.2, -0.15) is 5.10 Å². The summed E-state index contributed by atoms with van der Waals surface area (Å²) in [4.78, 5) is 22.1. The Labute approximate surface area is 114 Å². The number of aromatic nitrogens is 2. The van der Waals surface area contributed by atoms with Crippen LogP contribution in [0.2, 0.25) is 0 Å². The summed E-state index contributed by atoms with van der Waals surface area (Å²) in [5, 5.41) is 20.1. The van der Waals surface area contributed by atoms with Crippen LogP contribution in [0.1, 0.15) is 21.7 Å². The van der Waals surface area contributed by atoms with E-state index in [2.05, 4.69) is 15.5 Å². The zero-order valence-corrected chi connectivity index (χ0v) is 10.9. The zero-order valence-electron chi connectivity index (χ0n) is 10.9. The molecule has 104 valence electrons. The third kappa shape index (κ3) is 2.44. The Balaban J connectivity index is 2.26. The Morgan fingerprint density at radius 1 is 1.45 bits per heavy atom. The molecule has 0 atom stereocenters. The zero-order chi connectivity index (χ0) is 14.9.